The van der Waals surface area contributed by atoms with Crippen LogP contribution in [0.2, 0.25) is 0 Å². The van der Waals surface area contributed by atoms with Crippen LogP contribution in [0.15, 0.2) is 12.3 Å². The largest absolute Gasteiger partial charge is 0.487 e. The zero-order chi connectivity index (χ0) is 13.1. The minimum atomic E-state index is -0.364. The molecule has 2 rings (SSSR count). The summed E-state index contributed by atoms with van der Waals surface area (Å²) in [6.45, 7) is 0. The van der Waals surface area contributed by atoms with Crippen LogP contribution in [0, 0.1) is 0 Å². The maximum atomic E-state index is 11.7. The lowest BCUT2D eigenvalue weighted by atomic mass is 10.1. The second-order valence-electron chi connectivity index (χ2n) is 4.01. The Bertz CT molecular complexity index is 449. The van der Waals surface area contributed by atoms with Crippen molar-refractivity contribution in [2.75, 3.05) is 14.1 Å². The van der Waals surface area contributed by atoms with Crippen LogP contribution in [-0.4, -0.2) is 37.0 Å². The average Bonchev–Trinajstić information content (AvgIpc) is 3.21. The molecule has 0 aliphatic heterocycles. The van der Waals surface area contributed by atoms with Crippen LogP contribution in [0.5, 0.6) is 5.75 Å². The molecule has 0 radical (unpaired) electrons. The van der Waals surface area contributed by atoms with Crippen molar-refractivity contribution >= 4 is 11.8 Å². The molecular formula is C12H15N3O3. The normalized spacial score (nSPS) is 13.9. The lowest BCUT2D eigenvalue weighted by molar-refractivity contribution is 0.0950. The summed E-state index contributed by atoms with van der Waals surface area (Å²) in [5.41, 5.74) is 0.475. The number of hydrogen-bond acceptors (Lipinski definition) is 4. The highest BCUT2D eigenvalue weighted by Gasteiger charge is 2.29. The number of hydrogen-bond donors (Lipinski definition) is 2. The van der Waals surface area contributed by atoms with Crippen LogP contribution in [0.3, 0.4) is 0 Å². The molecular weight excluding hydrogens is 234 g/mol. The van der Waals surface area contributed by atoms with E-state index >= 15 is 0 Å². The molecule has 1 aromatic rings. The molecule has 2 amide bonds. The Morgan fingerprint density at radius 1 is 1.28 bits per heavy atom. The van der Waals surface area contributed by atoms with E-state index in [1.54, 1.807) is 6.07 Å². The van der Waals surface area contributed by atoms with Gasteiger partial charge in [0.25, 0.3) is 11.8 Å². The maximum absolute atomic E-state index is 11.7. The summed E-state index contributed by atoms with van der Waals surface area (Å²) in [6.07, 6.45) is 3.39. The van der Waals surface area contributed by atoms with E-state index in [1.807, 2.05) is 0 Å². The topological polar surface area (TPSA) is 80.3 Å². The molecule has 1 heterocycles. The number of rotatable bonds is 4. The van der Waals surface area contributed by atoms with Crippen LogP contribution in [-0.2, 0) is 0 Å². The van der Waals surface area contributed by atoms with E-state index in [-0.39, 0.29) is 29.4 Å². The highest BCUT2D eigenvalue weighted by Crippen LogP contribution is 2.31. The number of aromatic nitrogens is 1. The number of ether oxygens (including phenoxy) is 1. The second kappa shape index (κ2) is 5.03. The predicted octanol–water partition coefficient (Wildman–Crippen LogP) is 0.342. The summed E-state index contributed by atoms with van der Waals surface area (Å²) in [4.78, 5) is 27.5. The number of nitrogens with one attached hydrogen (secondary N) is 2. The summed E-state index contributed by atoms with van der Waals surface area (Å²) >= 11 is 0. The first-order chi connectivity index (χ1) is 8.67. The molecule has 0 bridgehead atoms. The molecule has 0 aromatic carbocycles. The Labute approximate surface area is 105 Å². The third kappa shape index (κ3) is 2.42. The van der Waals surface area contributed by atoms with Gasteiger partial charge in [-0.2, -0.15) is 0 Å². The summed E-state index contributed by atoms with van der Waals surface area (Å²) in [5.74, 6) is -0.395. The van der Waals surface area contributed by atoms with Gasteiger partial charge in [0.1, 0.15) is 0 Å². The number of pyridine rings is 1. The summed E-state index contributed by atoms with van der Waals surface area (Å²) in [7, 11) is 3.04. The quantitative estimate of drug-likeness (QED) is 0.806. The highest BCUT2D eigenvalue weighted by molar-refractivity contribution is 6.02. The van der Waals surface area contributed by atoms with Crippen molar-refractivity contribution in [1.82, 2.24) is 15.6 Å². The Kier molecular flexibility index (Phi) is 3.45. The Morgan fingerprint density at radius 3 is 2.50 bits per heavy atom. The molecule has 1 aliphatic rings. The van der Waals surface area contributed by atoms with E-state index in [1.165, 1.54) is 20.3 Å². The van der Waals surface area contributed by atoms with Crippen molar-refractivity contribution < 1.29 is 14.3 Å². The van der Waals surface area contributed by atoms with E-state index in [9.17, 15) is 9.59 Å². The van der Waals surface area contributed by atoms with Crippen LogP contribution in [0.4, 0.5) is 0 Å². The summed E-state index contributed by atoms with van der Waals surface area (Å²) in [5, 5.41) is 5.01. The first kappa shape index (κ1) is 12.3. The van der Waals surface area contributed by atoms with Gasteiger partial charge in [0.05, 0.1) is 11.7 Å². The zero-order valence-electron chi connectivity index (χ0n) is 10.3. The molecule has 0 unspecified atom stereocenters. The van der Waals surface area contributed by atoms with E-state index < -0.39 is 0 Å². The standard InChI is InChI=1S/C12H15N3O3/c1-13-11(16)8-5-6-15-9(12(17)14-2)10(8)18-7-3-4-7/h5-7H,3-4H2,1-2H3,(H,13,16)(H,14,17). The van der Waals surface area contributed by atoms with Gasteiger partial charge in [0, 0.05) is 20.3 Å². The van der Waals surface area contributed by atoms with Crippen LogP contribution in [0.1, 0.15) is 33.7 Å². The summed E-state index contributed by atoms with van der Waals surface area (Å²) < 4.78 is 5.65. The van der Waals surface area contributed by atoms with E-state index in [0.717, 1.165) is 12.8 Å². The number of nitrogens with zero attached hydrogens (tertiary/aromatic N) is 1. The van der Waals surface area contributed by atoms with Gasteiger partial charge in [-0.1, -0.05) is 0 Å². The third-order valence-corrected chi connectivity index (χ3v) is 2.63. The first-order valence-corrected chi connectivity index (χ1v) is 5.77. The summed E-state index contributed by atoms with van der Waals surface area (Å²) in [6, 6.07) is 1.54. The van der Waals surface area contributed by atoms with Crippen molar-refractivity contribution in [3.05, 3.63) is 23.5 Å². The van der Waals surface area contributed by atoms with E-state index in [0.29, 0.717) is 5.56 Å². The van der Waals surface area contributed by atoms with Gasteiger partial charge in [0.15, 0.2) is 11.4 Å². The van der Waals surface area contributed by atoms with Gasteiger partial charge in [-0.25, -0.2) is 4.98 Å². The molecule has 0 saturated heterocycles. The van der Waals surface area contributed by atoms with Crippen molar-refractivity contribution in [1.29, 1.82) is 0 Å². The Balaban J connectivity index is 2.44. The van der Waals surface area contributed by atoms with Crippen molar-refractivity contribution in [2.24, 2.45) is 0 Å². The fraction of sp³-hybridized carbons (Fsp3) is 0.417. The Morgan fingerprint density at radius 2 is 1.94 bits per heavy atom. The molecule has 2 N–H and O–H groups in total. The molecule has 6 heteroatoms. The van der Waals surface area contributed by atoms with Crippen LogP contribution < -0.4 is 15.4 Å². The fourth-order valence-electron chi connectivity index (χ4n) is 1.51. The van der Waals surface area contributed by atoms with Gasteiger partial charge in [-0.3, -0.25) is 9.59 Å². The lowest BCUT2D eigenvalue weighted by Gasteiger charge is -2.13. The molecule has 1 aliphatic carbocycles. The van der Waals surface area contributed by atoms with E-state index in [4.69, 9.17) is 4.74 Å². The minimum Gasteiger partial charge on any atom is -0.487 e. The molecule has 0 spiro atoms. The molecule has 6 nitrogen and oxygen atoms in total. The molecule has 1 saturated carbocycles. The number of carbonyl (C=O) groups excluding carboxylic acids is 2. The SMILES string of the molecule is CNC(=O)c1ccnc(C(=O)NC)c1OC1CC1. The molecule has 1 fully saturated rings. The average molecular weight is 249 g/mol. The Hall–Kier alpha value is -2.11. The van der Waals surface area contributed by atoms with Gasteiger partial charge in [-0.15, -0.1) is 0 Å². The third-order valence-electron chi connectivity index (χ3n) is 2.63. The van der Waals surface area contributed by atoms with Gasteiger partial charge >= 0.3 is 0 Å². The minimum absolute atomic E-state index is 0.0843. The van der Waals surface area contributed by atoms with Crippen molar-refractivity contribution in [3.8, 4) is 5.75 Å². The first-order valence-electron chi connectivity index (χ1n) is 5.77. The number of amides is 2. The monoisotopic (exact) mass is 249 g/mol. The smallest absolute Gasteiger partial charge is 0.273 e. The van der Waals surface area contributed by atoms with Gasteiger partial charge in [0.2, 0.25) is 0 Å². The lowest BCUT2D eigenvalue weighted by Crippen LogP contribution is -2.24. The van der Waals surface area contributed by atoms with Crippen molar-refractivity contribution in [2.45, 2.75) is 18.9 Å². The molecule has 18 heavy (non-hydrogen) atoms. The van der Waals surface area contributed by atoms with Crippen molar-refractivity contribution in [3.63, 3.8) is 0 Å². The van der Waals surface area contributed by atoms with E-state index in [2.05, 4.69) is 15.6 Å². The fourth-order valence-corrected chi connectivity index (χ4v) is 1.51. The van der Waals surface area contributed by atoms with Crippen LogP contribution >= 0.6 is 0 Å². The molecule has 96 valence electrons. The molecule has 0 atom stereocenters. The molecule has 1 aromatic heterocycles. The number of carbonyl (C=O) groups is 2. The highest BCUT2D eigenvalue weighted by atomic mass is 16.5. The van der Waals surface area contributed by atoms with Gasteiger partial charge < -0.3 is 15.4 Å². The maximum Gasteiger partial charge on any atom is 0.273 e. The zero-order valence-corrected chi connectivity index (χ0v) is 10.3. The van der Waals surface area contributed by atoms with Gasteiger partial charge in [-0.05, 0) is 18.9 Å². The second-order valence-corrected chi connectivity index (χ2v) is 4.01. The van der Waals surface area contributed by atoms with Crippen LogP contribution in [0.25, 0.3) is 0 Å². The predicted molar refractivity (Wildman–Crippen MR) is 64.7 cm³/mol.